The van der Waals surface area contributed by atoms with Crippen molar-refractivity contribution in [2.45, 2.75) is 19.3 Å². The topological polar surface area (TPSA) is 79.9 Å². The minimum Gasteiger partial charge on any atom is -0.493 e. The van der Waals surface area contributed by atoms with E-state index in [1.54, 1.807) is 14.2 Å². The summed E-state index contributed by atoms with van der Waals surface area (Å²) < 4.78 is 10.5. The first-order valence-electron chi connectivity index (χ1n) is 8.85. The van der Waals surface area contributed by atoms with Crippen molar-refractivity contribution in [1.82, 2.24) is 15.5 Å². The summed E-state index contributed by atoms with van der Waals surface area (Å²) in [6.07, 6.45) is 1.89. The van der Waals surface area contributed by atoms with E-state index in [9.17, 15) is 9.59 Å². The lowest BCUT2D eigenvalue weighted by Gasteiger charge is -2.17. The summed E-state index contributed by atoms with van der Waals surface area (Å²) in [7, 11) is 7.07. The first-order valence-corrected chi connectivity index (χ1v) is 8.85. The van der Waals surface area contributed by atoms with Gasteiger partial charge in [0.2, 0.25) is 11.8 Å². The molecule has 144 valence electrons. The van der Waals surface area contributed by atoms with Crippen LogP contribution in [0.3, 0.4) is 0 Å². The maximum absolute atomic E-state index is 12.5. The molecule has 0 bridgehead atoms. The van der Waals surface area contributed by atoms with Crippen molar-refractivity contribution in [2.24, 2.45) is 5.41 Å². The highest BCUT2D eigenvalue weighted by molar-refractivity contribution is 6.07. The van der Waals surface area contributed by atoms with Crippen LogP contribution in [0, 0.1) is 5.41 Å². The van der Waals surface area contributed by atoms with E-state index in [1.807, 2.05) is 37.2 Å². The van der Waals surface area contributed by atoms with Crippen LogP contribution in [-0.2, 0) is 16.0 Å². The van der Waals surface area contributed by atoms with E-state index in [2.05, 4.69) is 10.6 Å². The quantitative estimate of drug-likeness (QED) is 0.602. The van der Waals surface area contributed by atoms with Crippen LogP contribution in [0.2, 0.25) is 0 Å². The summed E-state index contributed by atoms with van der Waals surface area (Å²) in [6.45, 7) is 1.77. The normalized spacial score (nSPS) is 14.7. The van der Waals surface area contributed by atoms with E-state index >= 15 is 0 Å². The Morgan fingerprint density at radius 1 is 1.04 bits per heavy atom. The largest absolute Gasteiger partial charge is 0.493 e. The van der Waals surface area contributed by atoms with Crippen molar-refractivity contribution in [3.05, 3.63) is 23.8 Å². The van der Waals surface area contributed by atoms with Gasteiger partial charge in [0.25, 0.3) is 0 Å². The first-order chi connectivity index (χ1) is 12.4. The standard InChI is InChI=1S/C19H29N3O4/c1-22(2)12-11-21-18(24)19(8-9-19)17(23)20-10-7-14-5-6-15(25-3)16(13-14)26-4/h5-6,13H,7-12H2,1-4H3,(H,20,23)(H,21,24). The fraction of sp³-hybridized carbons (Fsp3) is 0.579. The van der Waals surface area contributed by atoms with Gasteiger partial charge in [0, 0.05) is 19.6 Å². The van der Waals surface area contributed by atoms with E-state index in [0.717, 1.165) is 12.1 Å². The SMILES string of the molecule is COc1ccc(CCNC(=O)C2(C(=O)NCCN(C)C)CC2)cc1OC. The first kappa shape index (κ1) is 20.0. The van der Waals surface area contributed by atoms with E-state index in [0.29, 0.717) is 43.9 Å². The Bertz CT molecular complexity index is 642. The van der Waals surface area contributed by atoms with Gasteiger partial charge in [-0.05, 0) is 51.1 Å². The molecule has 1 aromatic rings. The average molecular weight is 363 g/mol. The summed E-state index contributed by atoms with van der Waals surface area (Å²) in [5, 5.41) is 5.76. The van der Waals surface area contributed by atoms with Gasteiger partial charge in [0.15, 0.2) is 11.5 Å². The summed E-state index contributed by atoms with van der Waals surface area (Å²) >= 11 is 0. The van der Waals surface area contributed by atoms with Crippen LogP contribution in [0.4, 0.5) is 0 Å². The minimum atomic E-state index is -0.871. The molecule has 0 unspecified atom stereocenters. The summed E-state index contributed by atoms with van der Waals surface area (Å²) in [4.78, 5) is 26.8. The zero-order chi connectivity index (χ0) is 19.2. The Morgan fingerprint density at radius 3 is 2.19 bits per heavy atom. The number of rotatable bonds is 10. The molecule has 0 saturated heterocycles. The second kappa shape index (κ2) is 8.89. The van der Waals surface area contributed by atoms with Crippen LogP contribution in [0.5, 0.6) is 11.5 Å². The predicted octanol–water partition coefficient (Wildman–Crippen LogP) is 0.821. The van der Waals surface area contributed by atoms with E-state index < -0.39 is 5.41 Å². The highest BCUT2D eigenvalue weighted by Crippen LogP contribution is 2.46. The summed E-state index contributed by atoms with van der Waals surface area (Å²) in [6, 6.07) is 5.68. The van der Waals surface area contributed by atoms with Crippen LogP contribution in [0.1, 0.15) is 18.4 Å². The van der Waals surface area contributed by atoms with Crippen molar-refractivity contribution in [3.8, 4) is 11.5 Å². The number of methoxy groups -OCH3 is 2. The molecular formula is C19H29N3O4. The fourth-order valence-electron chi connectivity index (χ4n) is 2.77. The zero-order valence-corrected chi connectivity index (χ0v) is 16.1. The molecule has 1 fully saturated rings. The number of hydrogen-bond donors (Lipinski definition) is 2. The number of likely N-dealkylation sites (N-methyl/N-ethyl adjacent to an activating group) is 1. The Labute approximate surface area is 155 Å². The summed E-state index contributed by atoms with van der Waals surface area (Å²) in [5.74, 6) is 0.991. The predicted molar refractivity (Wildman–Crippen MR) is 99.5 cm³/mol. The third kappa shape index (κ3) is 4.88. The Kier molecular flexibility index (Phi) is 6.85. The Morgan fingerprint density at radius 2 is 1.65 bits per heavy atom. The van der Waals surface area contributed by atoms with Crippen LogP contribution >= 0.6 is 0 Å². The van der Waals surface area contributed by atoms with Gasteiger partial charge < -0.3 is 25.0 Å². The lowest BCUT2D eigenvalue weighted by atomic mass is 10.0. The zero-order valence-electron chi connectivity index (χ0n) is 16.1. The molecule has 7 nitrogen and oxygen atoms in total. The molecule has 0 aliphatic heterocycles. The molecule has 2 rings (SSSR count). The molecule has 1 aliphatic carbocycles. The maximum Gasteiger partial charge on any atom is 0.235 e. The lowest BCUT2D eigenvalue weighted by Crippen LogP contribution is -2.45. The van der Waals surface area contributed by atoms with Gasteiger partial charge in [-0.2, -0.15) is 0 Å². The van der Waals surface area contributed by atoms with Crippen LogP contribution < -0.4 is 20.1 Å². The van der Waals surface area contributed by atoms with Gasteiger partial charge in [-0.15, -0.1) is 0 Å². The molecule has 0 spiro atoms. The number of carbonyl (C=O) groups excluding carboxylic acids is 2. The third-order valence-corrected chi connectivity index (χ3v) is 4.61. The Balaban J connectivity index is 1.82. The van der Waals surface area contributed by atoms with Crippen molar-refractivity contribution in [3.63, 3.8) is 0 Å². The molecule has 1 aromatic carbocycles. The van der Waals surface area contributed by atoms with E-state index in [4.69, 9.17) is 9.47 Å². The number of benzene rings is 1. The molecule has 1 saturated carbocycles. The van der Waals surface area contributed by atoms with Gasteiger partial charge in [-0.25, -0.2) is 0 Å². The van der Waals surface area contributed by atoms with Gasteiger partial charge in [-0.3, -0.25) is 9.59 Å². The van der Waals surface area contributed by atoms with Crippen LogP contribution in [-0.4, -0.2) is 64.7 Å². The van der Waals surface area contributed by atoms with E-state index in [1.165, 1.54) is 0 Å². The number of ether oxygens (including phenoxy) is 2. The van der Waals surface area contributed by atoms with Crippen molar-refractivity contribution < 1.29 is 19.1 Å². The Hall–Kier alpha value is -2.28. The number of carbonyl (C=O) groups is 2. The molecule has 0 atom stereocenters. The van der Waals surface area contributed by atoms with Gasteiger partial charge in [-0.1, -0.05) is 6.07 Å². The molecule has 26 heavy (non-hydrogen) atoms. The number of nitrogens with zero attached hydrogens (tertiary/aromatic N) is 1. The monoisotopic (exact) mass is 363 g/mol. The number of hydrogen-bond acceptors (Lipinski definition) is 5. The second-order valence-electron chi connectivity index (χ2n) is 6.84. The average Bonchev–Trinajstić information content (AvgIpc) is 3.43. The minimum absolute atomic E-state index is 0.164. The van der Waals surface area contributed by atoms with Crippen molar-refractivity contribution in [1.29, 1.82) is 0 Å². The molecule has 2 N–H and O–H groups in total. The smallest absolute Gasteiger partial charge is 0.235 e. The van der Waals surface area contributed by atoms with Gasteiger partial charge >= 0.3 is 0 Å². The van der Waals surface area contributed by atoms with Gasteiger partial charge in [0.05, 0.1) is 14.2 Å². The number of nitrogens with one attached hydrogen (secondary N) is 2. The maximum atomic E-state index is 12.5. The molecule has 7 heteroatoms. The van der Waals surface area contributed by atoms with Gasteiger partial charge in [0.1, 0.15) is 5.41 Å². The molecule has 2 amide bonds. The fourth-order valence-corrected chi connectivity index (χ4v) is 2.77. The van der Waals surface area contributed by atoms with Crippen LogP contribution in [0.15, 0.2) is 18.2 Å². The third-order valence-electron chi connectivity index (χ3n) is 4.61. The molecular weight excluding hydrogens is 334 g/mol. The highest BCUT2D eigenvalue weighted by Gasteiger charge is 2.56. The van der Waals surface area contributed by atoms with Crippen molar-refractivity contribution in [2.75, 3.05) is 47.9 Å². The molecule has 0 radical (unpaired) electrons. The molecule has 0 heterocycles. The molecule has 1 aliphatic rings. The summed E-state index contributed by atoms with van der Waals surface area (Å²) in [5.41, 5.74) is 0.160. The van der Waals surface area contributed by atoms with E-state index in [-0.39, 0.29) is 11.8 Å². The van der Waals surface area contributed by atoms with Crippen molar-refractivity contribution >= 4 is 11.8 Å². The molecule has 0 aromatic heterocycles. The number of amides is 2. The lowest BCUT2D eigenvalue weighted by molar-refractivity contribution is -0.137. The highest BCUT2D eigenvalue weighted by atomic mass is 16.5. The van der Waals surface area contributed by atoms with Crippen LogP contribution in [0.25, 0.3) is 0 Å². The second-order valence-corrected chi connectivity index (χ2v) is 6.84.